The first-order valence-corrected chi connectivity index (χ1v) is 3.63. The minimum atomic E-state index is -4.20. The van der Waals surface area contributed by atoms with Gasteiger partial charge in [-0.2, -0.15) is 8.42 Å². The Balaban J connectivity index is 0. The second-order valence-corrected chi connectivity index (χ2v) is 2.95. The average Bonchev–Trinajstić information content (AvgIpc) is 1.62. The minimum Gasteiger partial charge on any atom is -0.375 e. The average molecular weight is 166 g/mol. The molecule has 0 bridgehead atoms. The molecule has 0 rings (SSSR count). The largest absolute Gasteiger partial charge is 0.375 e. The molecular weight excluding hydrogens is 156 g/mol. The van der Waals surface area contributed by atoms with Crippen molar-refractivity contribution in [1.82, 2.24) is 0 Å². The van der Waals surface area contributed by atoms with Gasteiger partial charge in [-0.25, -0.2) is 0 Å². The number of rotatable bonds is 2. The second-order valence-electron chi connectivity index (χ2n) is 1.38. The highest BCUT2D eigenvalue weighted by molar-refractivity contribution is 7.86. The van der Waals surface area contributed by atoms with Crippen molar-refractivity contribution in [2.75, 3.05) is 0 Å². The molecule has 4 nitrogen and oxygen atoms in total. The third-order valence-electron chi connectivity index (χ3n) is 0.693. The molecule has 0 aliphatic heterocycles. The monoisotopic (exact) mass is 166 g/mol. The first-order chi connectivity index (χ1) is 3.48. The molecule has 0 fully saturated rings. The van der Waals surface area contributed by atoms with Crippen LogP contribution in [0.5, 0.6) is 0 Å². The Morgan fingerprint density at radius 3 is 1.89 bits per heavy atom. The molecule has 0 radical (unpaired) electrons. The fourth-order valence-corrected chi connectivity index (χ4v) is 0.632. The van der Waals surface area contributed by atoms with Crippen molar-refractivity contribution in [3.05, 3.63) is 0 Å². The first kappa shape index (κ1) is 12.3. The quantitative estimate of drug-likeness (QED) is 0.394. The summed E-state index contributed by atoms with van der Waals surface area (Å²) >= 11 is 0. The van der Waals surface area contributed by atoms with E-state index < -0.39 is 15.6 Å². The lowest BCUT2D eigenvalue weighted by Crippen LogP contribution is -2.17. The zero-order valence-corrected chi connectivity index (χ0v) is 5.22. The summed E-state index contributed by atoms with van der Waals surface area (Å²) in [6.07, 6.45) is 0.0127. The maximum atomic E-state index is 9.87. The highest BCUT2D eigenvalue weighted by Gasteiger charge is 2.15. The van der Waals surface area contributed by atoms with E-state index in [2.05, 4.69) is 0 Å². The van der Waals surface area contributed by atoms with Gasteiger partial charge in [0.05, 0.1) is 0 Å². The van der Waals surface area contributed by atoms with Crippen LogP contribution in [0.25, 0.3) is 0 Å². The van der Waals surface area contributed by atoms with Crippen molar-refractivity contribution in [2.45, 2.75) is 18.8 Å². The summed E-state index contributed by atoms with van der Waals surface area (Å²) < 4.78 is 27.7. The highest BCUT2D eigenvalue weighted by atomic mass is 32.2. The smallest absolute Gasteiger partial charge is 0.316 e. The predicted octanol–water partition coefficient (Wildman–Crippen LogP) is -1.31. The Labute approximate surface area is 70.2 Å². The molecule has 6 heteroatoms. The molecule has 0 saturated carbocycles. The number of aliphatic hydroxyl groups is 1. The van der Waals surface area contributed by atoms with Gasteiger partial charge in [0.2, 0.25) is 0 Å². The summed E-state index contributed by atoms with van der Waals surface area (Å²) in [5.74, 6) is 0. The van der Waals surface area contributed by atoms with Gasteiger partial charge >= 0.3 is 23.1 Å². The van der Waals surface area contributed by atoms with Crippen molar-refractivity contribution in [3.63, 3.8) is 0 Å². The Morgan fingerprint density at radius 2 is 1.89 bits per heavy atom. The fraction of sp³-hybridized carbons (Fsp3) is 1.00. The van der Waals surface area contributed by atoms with Gasteiger partial charge in [0.15, 0.2) is 5.44 Å². The van der Waals surface area contributed by atoms with Gasteiger partial charge in [-0.15, -0.1) is 0 Å². The van der Waals surface area contributed by atoms with E-state index in [0.717, 1.165) is 0 Å². The normalized spacial score (nSPS) is 14.1. The molecule has 0 heterocycles. The molecule has 0 saturated heterocycles. The number of aliphatic hydroxyl groups excluding tert-OH is 1. The van der Waals surface area contributed by atoms with Crippen LogP contribution >= 0.6 is 0 Å². The molecule has 0 amide bonds. The molecule has 0 spiro atoms. The molecule has 0 aromatic heterocycles. The summed E-state index contributed by atoms with van der Waals surface area (Å²) in [4.78, 5) is 0. The van der Waals surface area contributed by atoms with Gasteiger partial charge in [-0.1, -0.05) is 6.92 Å². The maximum absolute atomic E-state index is 9.87. The van der Waals surface area contributed by atoms with Gasteiger partial charge in [-0.05, 0) is 6.42 Å². The Bertz CT molecular complexity index is 151. The van der Waals surface area contributed by atoms with Gasteiger partial charge in [0, 0.05) is 0 Å². The van der Waals surface area contributed by atoms with E-state index >= 15 is 0 Å². The van der Waals surface area contributed by atoms with Crippen molar-refractivity contribution >= 4 is 33.2 Å². The van der Waals surface area contributed by atoms with Crippen molar-refractivity contribution in [1.29, 1.82) is 0 Å². The van der Waals surface area contributed by atoms with Crippen LogP contribution in [0.4, 0.5) is 0 Å². The van der Waals surface area contributed by atoms with Crippen LogP contribution in [0, 0.1) is 0 Å². The van der Waals surface area contributed by atoms with E-state index in [4.69, 9.17) is 9.66 Å². The molecule has 0 aromatic rings. The highest BCUT2D eigenvalue weighted by Crippen LogP contribution is 1.96. The zero-order chi connectivity index (χ0) is 6.78. The summed E-state index contributed by atoms with van der Waals surface area (Å²) in [5, 5.41) is 8.36. The third-order valence-corrected chi connectivity index (χ3v) is 1.71. The summed E-state index contributed by atoms with van der Waals surface area (Å²) in [7, 11) is -4.20. The molecule has 0 aromatic carbocycles. The molecule has 54 valence electrons. The fourth-order valence-electron chi connectivity index (χ4n) is 0.211. The van der Waals surface area contributed by atoms with Crippen LogP contribution in [-0.4, -0.2) is 46.6 Å². The summed E-state index contributed by atoms with van der Waals surface area (Å²) in [6.45, 7) is 1.46. The lowest BCUT2D eigenvalue weighted by Gasteiger charge is -1.99. The Morgan fingerprint density at radius 1 is 1.56 bits per heavy atom. The van der Waals surface area contributed by atoms with Crippen molar-refractivity contribution in [2.24, 2.45) is 0 Å². The molecule has 0 aliphatic rings. The van der Waals surface area contributed by atoms with E-state index in [-0.39, 0.29) is 29.5 Å². The van der Waals surface area contributed by atoms with E-state index in [1.165, 1.54) is 6.92 Å². The number of hydrogen-bond donors (Lipinski definition) is 2. The SMILES string of the molecule is CCC(O)S(=O)(=O)O.[MgH2]. The Kier molecular flexibility index (Phi) is 6.10. The van der Waals surface area contributed by atoms with Gasteiger partial charge in [0.1, 0.15) is 0 Å². The van der Waals surface area contributed by atoms with E-state index in [1.807, 2.05) is 0 Å². The minimum absolute atomic E-state index is 0. The second kappa shape index (κ2) is 4.45. The summed E-state index contributed by atoms with van der Waals surface area (Å²) in [6, 6.07) is 0. The van der Waals surface area contributed by atoms with Crippen molar-refractivity contribution in [3.8, 4) is 0 Å². The lowest BCUT2D eigenvalue weighted by atomic mass is 10.5. The van der Waals surface area contributed by atoms with Crippen LogP contribution in [-0.2, 0) is 10.1 Å². The molecule has 0 aliphatic carbocycles. The molecule has 9 heavy (non-hydrogen) atoms. The third kappa shape index (κ3) is 5.10. The van der Waals surface area contributed by atoms with Gasteiger partial charge < -0.3 is 5.11 Å². The molecule has 2 N–H and O–H groups in total. The molecular formula is C3H10MgO4S. The van der Waals surface area contributed by atoms with Crippen LogP contribution in [0.2, 0.25) is 0 Å². The van der Waals surface area contributed by atoms with Crippen LogP contribution in [0.1, 0.15) is 13.3 Å². The summed E-state index contributed by atoms with van der Waals surface area (Å²) in [5.41, 5.74) is -1.62. The van der Waals surface area contributed by atoms with Crippen LogP contribution in [0.15, 0.2) is 0 Å². The maximum Gasteiger partial charge on any atom is 0.316 e. The molecule has 1 atom stereocenters. The number of hydrogen-bond acceptors (Lipinski definition) is 3. The van der Waals surface area contributed by atoms with Crippen LogP contribution in [0.3, 0.4) is 0 Å². The van der Waals surface area contributed by atoms with E-state index in [0.29, 0.717) is 0 Å². The lowest BCUT2D eigenvalue weighted by molar-refractivity contribution is 0.229. The van der Waals surface area contributed by atoms with Gasteiger partial charge in [0.25, 0.3) is 10.1 Å². The van der Waals surface area contributed by atoms with Gasteiger partial charge in [-0.3, -0.25) is 4.55 Å². The van der Waals surface area contributed by atoms with Crippen molar-refractivity contribution < 1.29 is 18.1 Å². The predicted molar refractivity (Wildman–Crippen MR) is 36.4 cm³/mol. The van der Waals surface area contributed by atoms with E-state index in [9.17, 15) is 8.42 Å². The first-order valence-electron chi connectivity index (χ1n) is 2.13. The molecule has 1 unspecified atom stereocenters. The topological polar surface area (TPSA) is 74.6 Å². The van der Waals surface area contributed by atoms with E-state index in [1.54, 1.807) is 0 Å². The Hall–Kier alpha value is 0.636. The standard InChI is InChI=1S/C3H8O4S.Mg.2H/c1-2-3(4)8(5,6)7;;;/h3-4H,2H2,1H3,(H,5,6,7);;;. The van der Waals surface area contributed by atoms with Crippen LogP contribution < -0.4 is 0 Å². The zero-order valence-electron chi connectivity index (χ0n) is 4.40.